The van der Waals surface area contributed by atoms with Crippen molar-refractivity contribution in [1.82, 2.24) is 5.32 Å². The molecule has 0 saturated carbocycles. The summed E-state index contributed by atoms with van der Waals surface area (Å²) >= 11 is 0. The van der Waals surface area contributed by atoms with Crippen molar-refractivity contribution in [3.8, 4) is 11.5 Å². The Morgan fingerprint density at radius 2 is 1.73 bits per heavy atom. The van der Waals surface area contributed by atoms with Gasteiger partial charge >= 0.3 is 5.97 Å². The first-order chi connectivity index (χ1) is 12.4. The summed E-state index contributed by atoms with van der Waals surface area (Å²) in [4.78, 5) is 24.1. The van der Waals surface area contributed by atoms with Crippen molar-refractivity contribution >= 4 is 11.9 Å². The van der Waals surface area contributed by atoms with E-state index < -0.39 is 11.9 Å². The zero-order valence-electron chi connectivity index (χ0n) is 15.4. The first-order valence-corrected chi connectivity index (χ1v) is 8.19. The third-order valence-corrected chi connectivity index (χ3v) is 3.90. The minimum atomic E-state index is -0.535. The highest BCUT2D eigenvalue weighted by molar-refractivity contribution is 5.91. The monoisotopic (exact) mass is 357 g/mol. The molecule has 6 heteroatoms. The quantitative estimate of drug-likeness (QED) is 0.771. The number of ether oxygens (including phenoxy) is 3. The van der Waals surface area contributed by atoms with Crippen molar-refractivity contribution in [3.05, 3.63) is 59.2 Å². The molecule has 2 rings (SSSR count). The summed E-state index contributed by atoms with van der Waals surface area (Å²) in [5.74, 6) is 0.359. The fourth-order valence-electron chi connectivity index (χ4n) is 2.44. The molecule has 0 aliphatic heterocycles. The van der Waals surface area contributed by atoms with Gasteiger partial charge in [0.2, 0.25) is 0 Å². The lowest BCUT2D eigenvalue weighted by Crippen LogP contribution is -2.31. The van der Waals surface area contributed by atoms with Gasteiger partial charge in [-0.2, -0.15) is 0 Å². The van der Waals surface area contributed by atoms with Gasteiger partial charge in [0.25, 0.3) is 5.91 Å². The first kappa shape index (κ1) is 19.3. The number of carbonyl (C=O) groups is 2. The lowest BCUT2D eigenvalue weighted by Gasteiger charge is -2.18. The van der Waals surface area contributed by atoms with E-state index in [-0.39, 0.29) is 12.6 Å². The smallest absolute Gasteiger partial charge is 0.338 e. The molecule has 2 aromatic rings. The van der Waals surface area contributed by atoms with Crippen LogP contribution in [0.25, 0.3) is 0 Å². The molecule has 0 aromatic heterocycles. The number of nitrogens with one attached hydrogen (secondary N) is 1. The Bertz CT molecular complexity index is 770. The first-order valence-electron chi connectivity index (χ1n) is 8.19. The summed E-state index contributed by atoms with van der Waals surface area (Å²) in [7, 11) is 3.13. The summed E-state index contributed by atoms with van der Waals surface area (Å²) in [5.41, 5.74) is 2.22. The minimum absolute atomic E-state index is 0.342. The Balaban J connectivity index is 1.95. The number of hydrogen-bond acceptors (Lipinski definition) is 5. The van der Waals surface area contributed by atoms with Crippen LogP contribution >= 0.6 is 0 Å². The number of methoxy groups -OCH3 is 2. The van der Waals surface area contributed by atoms with Crippen LogP contribution < -0.4 is 14.8 Å². The fraction of sp³-hybridized carbons (Fsp3) is 0.300. The molecule has 0 unspecified atom stereocenters. The van der Waals surface area contributed by atoms with E-state index in [1.807, 2.05) is 26.0 Å². The van der Waals surface area contributed by atoms with E-state index in [2.05, 4.69) is 5.32 Å². The average Bonchev–Trinajstić information content (AvgIpc) is 2.66. The topological polar surface area (TPSA) is 73.9 Å². The SMILES string of the molecule is COc1ccc(OC)c([C@@H](C)NC(=O)COC(=O)c2ccc(C)cc2)c1. The Hall–Kier alpha value is -3.02. The summed E-state index contributed by atoms with van der Waals surface area (Å²) in [6, 6.07) is 12.0. The molecule has 2 aromatic carbocycles. The molecule has 0 radical (unpaired) electrons. The lowest BCUT2D eigenvalue weighted by atomic mass is 10.1. The number of rotatable bonds is 7. The van der Waals surface area contributed by atoms with Crippen molar-refractivity contribution < 1.29 is 23.8 Å². The molecular formula is C20H23NO5. The zero-order valence-corrected chi connectivity index (χ0v) is 15.4. The summed E-state index contributed by atoms with van der Waals surface area (Å²) in [6.07, 6.45) is 0. The molecule has 0 spiro atoms. The fourth-order valence-corrected chi connectivity index (χ4v) is 2.44. The number of esters is 1. The van der Waals surface area contributed by atoms with E-state index in [1.165, 1.54) is 0 Å². The molecule has 1 amide bonds. The standard InChI is InChI=1S/C20H23NO5/c1-13-5-7-15(8-6-13)20(23)26-12-19(22)21-14(2)17-11-16(24-3)9-10-18(17)25-4/h5-11,14H,12H2,1-4H3,(H,21,22)/t14-/m1/s1. The van der Waals surface area contributed by atoms with Crippen LogP contribution in [0.1, 0.15) is 34.5 Å². The summed E-state index contributed by atoms with van der Waals surface area (Å²) in [5, 5.41) is 2.79. The number of carbonyl (C=O) groups excluding carboxylic acids is 2. The van der Waals surface area contributed by atoms with Gasteiger partial charge in [0.1, 0.15) is 11.5 Å². The number of amides is 1. The highest BCUT2D eigenvalue weighted by Crippen LogP contribution is 2.29. The molecule has 0 heterocycles. The highest BCUT2D eigenvalue weighted by Gasteiger charge is 2.16. The van der Waals surface area contributed by atoms with Gasteiger partial charge in [-0.1, -0.05) is 17.7 Å². The molecule has 1 atom stereocenters. The summed E-state index contributed by atoms with van der Waals surface area (Å²) < 4.78 is 15.6. The lowest BCUT2D eigenvalue weighted by molar-refractivity contribution is -0.124. The van der Waals surface area contributed by atoms with Crippen LogP contribution in [0.2, 0.25) is 0 Å². The largest absolute Gasteiger partial charge is 0.497 e. The molecule has 0 bridgehead atoms. The summed E-state index contributed by atoms with van der Waals surface area (Å²) in [6.45, 7) is 3.39. The average molecular weight is 357 g/mol. The van der Waals surface area contributed by atoms with E-state index in [4.69, 9.17) is 14.2 Å². The van der Waals surface area contributed by atoms with Crippen LogP contribution in [0, 0.1) is 6.92 Å². The van der Waals surface area contributed by atoms with Gasteiger partial charge in [-0.3, -0.25) is 4.79 Å². The van der Waals surface area contributed by atoms with Crippen molar-refractivity contribution in [1.29, 1.82) is 0 Å². The van der Waals surface area contributed by atoms with Crippen molar-refractivity contribution in [2.45, 2.75) is 19.9 Å². The normalized spacial score (nSPS) is 11.4. The van der Waals surface area contributed by atoms with Crippen LogP contribution in [0.3, 0.4) is 0 Å². The Labute approximate surface area is 153 Å². The predicted octanol–water partition coefficient (Wildman–Crippen LogP) is 3.05. The molecule has 1 N–H and O–H groups in total. The molecule has 0 aliphatic carbocycles. The van der Waals surface area contributed by atoms with Gasteiger partial charge in [0.15, 0.2) is 6.61 Å². The van der Waals surface area contributed by atoms with E-state index in [9.17, 15) is 9.59 Å². The molecule has 6 nitrogen and oxygen atoms in total. The molecular weight excluding hydrogens is 334 g/mol. The molecule has 0 fully saturated rings. The van der Waals surface area contributed by atoms with E-state index >= 15 is 0 Å². The van der Waals surface area contributed by atoms with Gasteiger partial charge in [0.05, 0.1) is 25.8 Å². The Morgan fingerprint density at radius 3 is 2.35 bits per heavy atom. The van der Waals surface area contributed by atoms with Gasteiger partial charge in [-0.25, -0.2) is 4.79 Å². The van der Waals surface area contributed by atoms with Crippen LogP contribution in [-0.2, 0) is 9.53 Å². The minimum Gasteiger partial charge on any atom is -0.497 e. The predicted molar refractivity (Wildman–Crippen MR) is 97.6 cm³/mol. The van der Waals surface area contributed by atoms with E-state index in [1.54, 1.807) is 44.6 Å². The second kappa shape index (κ2) is 8.89. The third-order valence-electron chi connectivity index (χ3n) is 3.90. The van der Waals surface area contributed by atoms with Crippen LogP contribution in [0.15, 0.2) is 42.5 Å². The van der Waals surface area contributed by atoms with Crippen molar-refractivity contribution in [2.24, 2.45) is 0 Å². The number of benzene rings is 2. The van der Waals surface area contributed by atoms with Crippen LogP contribution in [0.4, 0.5) is 0 Å². The van der Waals surface area contributed by atoms with Crippen molar-refractivity contribution in [3.63, 3.8) is 0 Å². The van der Waals surface area contributed by atoms with Crippen LogP contribution in [-0.4, -0.2) is 32.7 Å². The van der Waals surface area contributed by atoms with Crippen LogP contribution in [0.5, 0.6) is 11.5 Å². The molecule has 138 valence electrons. The second-order valence-corrected chi connectivity index (χ2v) is 5.84. The third kappa shape index (κ3) is 4.99. The zero-order chi connectivity index (χ0) is 19.1. The van der Waals surface area contributed by atoms with Gasteiger partial charge in [-0.05, 0) is 44.2 Å². The van der Waals surface area contributed by atoms with Crippen molar-refractivity contribution in [2.75, 3.05) is 20.8 Å². The van der Waals surface area contributed by atoms with Gasteiger partial charge < -0.3 is 19.5 Å². The molecule has 0 saturated heterocycles. The van der Waals surface area contributed by atoms with E-state index in [0.717, 1.165) is 11.1 Å². The maximum Gasteiger partial charge on any atom is 0.338 e. The maximum atomic E-state index is 12.1. The highest BCUT2D eigenvalue weighted by atomic mass is 16.5. The number of hydrogen-bond donors (Lipinski definition) is 1. The number of aryl methyl sites for hydroxylation is 1. The van der Waals surface area contributed by atoms with E-state index in [0.29, 0.717) is 17.1 Å². The van der Waals surface area contributed by atoms with Gasteiger partial charge in [0, 0.05) is 5.56 Å². The maximum absolute atomic E-state index is 12.1. The Morgan fingerprint density at radius 1 is 1.04 bits per heavy atom. The molecule has 26 heavy (non-hydrogen) atoms. The Kier molecular flexibility index (Phi) is 6.60. The van der Waals surface area contributed by atoms with Gasteiger partial charge in [-0.15, -0.1) is 0 Å². The molecule has 0 aliphatic rings. The second-order valence-electron chi connectivity index (χ2n) is 5.84.